The van der Waals surface area contributed by atoms with Crippen molar-refractivity contribution < 1.29 is 4.79 Å². The highest BCUT2D eigenvalue weighted by molar-refractivity contribution is 5.92. The Morgan fingerprint density at radius 2 is 2.15 bits per heavy atom. The van der Waals surface area contributed by atoms with Gasteiger partial charge in [0, 0.05) is 18.1 Å². The number of hydrogen-bond donors (Lipinski definition) is 1. The lowest BCUT2D eigenvalue weighted by Gasteiger charge is -2.00. The predicted molar refractivity (Wildman–Crippen MR) is 79.1 cm³/mol. The third-order valence-corrected chi connectivity index (χ3v) is 2.25. The third-order valence-electron chi connectivity index (χ3n) is 2.25. The summed E-state index contributed by atoms with van der Waals surface area (Å²) in [4.78, 5) is 19.9. The second kappa shape index (κ2) is 7.83. The molecule has 0 radical (unpaired) electrons. The van der Waals surface area contributed by atoms with Crippen molar-refractivity contribution in [2.75, 3.05) is 0 Å². The van der Waals surface area contributed by atoms with E-state index in [9.17, 15) is 4.79 Å². The number of nitrogens with zero attached hydrogens (tertiary/aromatic N) is 4. The molecule has 106 valence electrons. The molecule has 1 amide bonds. The Kier molecular flexibility index (Phi) is 6.09. The van der Waals surface area contributed by atoms with Gasteiger partial charge in [-0.15, -0.1) is 0 Å². The summed E-state index contributed by atoms with van der Waals surface area (Å²) in [5, 5.41) is 3.65. The van der Waals surface area contributed by atoms with Crippen LogP contribution in [-0.4, -0.2) is 26.7 Å². The molecule has 0 saturated heterocycles. The van der Waals surface area contributed by atoms with Crippen molar-refractivity contribution in [2.45, 2.75) is 27.7 Å². The lowest BCUT2D eigenvalue weighted by atomic mass is 10.4. The van der Waals surface area contributed by atoms with Gasteiger partial charge in [-0.25, -0.2) is 15.4 Å². The largest absolute Gasteiger partial charge is 0.291 e. The van der Waals surface area contributed by atoms with Crippen LogP contribution >= 0.6 is 0 Å². The zero-order chi connectivity index (χ0) is 15.0. The van der Waals surface area contributed by atoms with Gasteiger partial charge in [0.15, 0.2) is 0 Å². The molecule has 6 nitrogen and oxygen atoms in total. The number of carbonyl (C=O) groups is 1. The van der Waals surface area contributed by atoms with Crippen LogP contribution in [0.2, 0.25) is 0 Å². The molecule has 2 rings (SSSR count). The molecule has 0 unspecified atom stereocenters. The Morgan fingerprint density at radius 1 is 1.40 bits per heavy atom. The molecule has 0 aliphatic rings. The van der Waals surface area contributed by atoms with Crippen LogP contribution in [0.25, 0.3) is 5.82 Å². The van der Waals surface area contributed by atoms with Crippen molar-refractivity contribution in [1.29, 1.82) is 0 Å². The van der Waals surface area contributed by atoms with E-state index in [0.717, 1.165) is 11.5 Å². The maximum atomic E-state index is 11.6. The van der Waals surface area contributed by atoms with Crippen molar-refractivity contribution in [1.82, 2.24) is 20.0 Å². The maximum Gasteiger partial charge on any atom is 0.291 e. The van der Waals surface area contributed by atoms with Gasteiger partial charge in [0.05, 0.1) is 0 Å². The lowest BCUT2D eigenvalue weighted by molar-refractivity contribution is 0.0950. The molecule has 0 bridgehead atoms. The third kappa shape index (κ3) is 4.01. The maximum absolute atomic E-state index is 11.6. The Labute approximate surface area is 118 Å². The summed E-state index contributed by atoms with van der Waals surface area (Å²) in [6, 6.07) is 5.66. The molecule has 1 N–H and O–H groups in total. The van der Waals surface area contributed by atoms with Gasteiger partial charge < -0.3 is 0 Å². The van der Waals surface area contributed by atoms with Crippen molar-refractivity contribution in [3.8, 4) is 5.82 Å². The standard InChI is InChI=1S/C12H13N5O.C2H6/c1-3-14-16-12(18)10-7-17(8-13-10)11-6-4-5-9(2)15-11;1-2/h3-8H,1-2H3,(H,16,18);1-2H3/b14-3-;. The summed E-state index contributed by atoms with van der Waals surface area (Å²) < 4.78 is 1.69. The SMILES string of the molecule is C/C=N\NC(=O)c1cn(-c2cccc(C)n2)cn1.CC. The second-order valence-corrected chi connectivity index (χ2v) is 3.63. The molecule has 20 heavy (non-hydrogen) atoms. The van der Waals surface area contributed by atoms with Crippen molar-refractivity contribution >= 4 is 12.1 Å². The highest BCUT2D eigenvalue weighted by atomic mass is 16.2. The topological polar surface area (TPSA) is 72.2 Å². The summed E-state index contributed by atoms with van der Waals surface area (Å²) in [6.07, 6.45) is 4.66. The van der Waals surface area contributed by atoms with Crippen LogP contribution in [0.5, 0.6) is 0 Å². The fourth-order valence-electron chi connectivity index (χ4n) is 1.42. The molecule has 0 spiro atoms. The number of aryl methyl sites for hydroxylation is 1. The minimum atomic E-state index is -0.348. The molecular formula is C14H19N5O. The summed E-state index contributed by atoms with van der Waals surface area (Å²) >= 11 is 0. The van der Waals surface area contributed by atoms with E-state index in [1.807, 2.05) is 39.0 Å². The fraction of sp³-hybridized carbons (Fsp3) is 0.286. The normalized spacial score (nSPS) is 10.0. The smallest absolute Gasteiger partial charge is 0.290 e. The Hall–Kier alpha value is -2.50. The predicted octanol–water partition coefficient (Wildman–Crippen LogP) is 2.34. The van der Waals surface area contributed by atoms with Gasteiger partial charge in [0.2, 0.25) is 0 Å². The molecule has 2 aromatic heterocycles. The molecule has 0 fully saturated rings. The number of hydrogen-bond acceptors (Lipinski definition) is 4. The van der Waals surface area contributed by atoms with Crippen LogP contribution in [0.4, 0.5) is 0 Å². The molecule has 6 heteroatoms. The molecule has 2 aromatic rings. The van der Waals surface area contributed by atoms with Crippen LogP contribution in [0.1, 0.15) is 37.0 Å². The number of imidazole rings is 1. The van der Waals surface area contributed by atoms with E-state index in [1.54, 1.807) is 24.0 Å². The molecule has 0 saturated carbocycles. The van der Waals surface area contributed by atoms with E-state index >= 15 is 0 Å². The Balaban J connectivity index is 0.000000956. The highest BCUT2D eigenvalue weighted by Gasteiger charge is 2.09. The second-order valence-electron chi connectivity index (χ2n) is 3.63. The number of hydrazone groups is 1. The first-order valence-corrected chi connectivity index (χ1v) is 6.46. The van der Waals surface area contributed by atoms with Crippen molar-refractivity contribution in [3.63, 3.8) is 0 Å². The fourth-order valence-corrected chi connectivity index (χ4v) is 1.42. The van der Waals surface area contributed by atoms with E-state index < -0.39 is 0 Å². The van der Waals surface area contributed by atoms with Gasteiger partial charge in [0.1, 0.15) is 17.8 Å². The zero-order valence-corrected chi connectivity index (χ0v) is 12.2. The van der Waals surface area contributed by atoms with Crippen LogP contribution in [0.15, 0.2) is 35.8 Å². The van der Waals surface area contributed by atoms with Gasteiger partial charge in [-0.3, -0.25) is 9.36 Å². The average Bonchev–Trinajstić information content (AvgIpc) is 2.97. The number of amides is 1. The lowest BCUT2D eigenvalue weighted by Crippen LogP contribution is -2.17. The Bertz CT molecular complexity index is 589. The first kappa shape index (κ1) is 15.6. The van der Waals surface area contributed by atoms with E-state index in [1.165, 1.54) is 6.21 Å². The minimum absolute atomic E-state index is 0.295. The first-order chi connectivity index (χ1) is 9.70. The monoisotopic (exact) mass is 273 g/mol. The highest BCUT2D eigenvalue weighted by Crippen LogP contribution is 2.06. The van der Waals surface area contributed by atoms with E-state index in [2.05, 4.69) is 20.5 Å². The Morgan fingerprint density at radius 3 is 2.80 bits per heavy atom. The molecule has 0 aliphatic carbocycles. The quantitative estimate of drug-likeness (QED) is 0.689. The van der Waals surface area contributed by atoms with Crippen molar-refractivity contribution in [3.05, 3.63) is 42.1 Å². The molecule has 0 atom stereocenters. The van der Waals surface area contributed by atoms with Gasteiger partial charge >= 0.3 is 0 Å². The van der Waals surface area contributed by atoms with Crippen LogP contribution in [-0.2, 0) is 0 Å². The van der Waals surface area contributed by atoms with Gasteiger partial charge in [-0.05, 0) is 26.0 Å². The van der Waals surface area contributed by atoms with Crippen LogP contribution in [0, 0.1) is 6.92 Å². The zero-order valence-electron chi connectivity index (χ0n) is 12.2. The van der Waals surface area contributed by atoms with Gasteiger partial charge in [0.25, 0.3) is 5.91 Å². The van der Waals surface area contributed by atoms with Crippen molar-refractivity contribution in [2.24, 2.45) is 5.10 Å². The number of carbonyl (C=O) groups excluding carboxylic acids is 1. The summed E-state index contributed by atoms with van der Waals surface area (Å²) in [7, 11) is 0. The summed E-state index contributed by atoms with van der Waals surface area (Å²) in [5.74, 6) is 0.375. The minimum Gasteiger partial charge on any atom is -0.290 e. The first-order valence-electron chi connectivity index (χ1n) is 6.46. The molecular weight excluding hydrogens is 254 g/mol. The van der Waals surface area contributed by atoms with Crippen LogP contribution < -0.4 is 5.43 Å². The molecule has 0 aliphatic heterocycles. The van der Waals surface area contributed by atoms with Gasteiger partial charge in [-0.2, -0.15) is 5.10 Å². The summed E-state index contributed by atoms with van der Waals surface area (Å²) in [6.45, 7) is 7.62. The van der Waals surface area contributed by atoms with E-state index in [0.29, 0.717) is 5.69 Å². The van der Waals surface area contributed by atoms with Crippen LogP contribution in [0.3, 0.4) is 0 Å². The average molecular weight is 273 g/mol. The van der Waals surface area contributed by atoms with E-state index in [-0.39, 0.29) is 5.91 Å². The van der Waals surface area contributed by atoms with E-state index in [4.69, 9.17) is 0 Å². The number of aromatic nitrogens is 3. The van der Waals surface area contributed by atoms with Gasteiger partial charge in [-0.1, -0.05) is 19.9 Å². The molecule has 0 aromatic carbocycles. The molecule has 2 heterocycles. The number of pyridine rings is 1. The summed E-state index contributed by atoms with van der Waals surface area (Å²) in [5.41, 5.74) is 3.56. The number of rotatable bonds is 3. The number of nitrogens with one attached hydrogen (secondary N) is 1.